The zero-order valence-corrected chi connectivity index (χ0v) is 20.7. The first-order valence-corrected chi connectivity index (χ1v) is 12.6. The molecule has 0 aliphatic rings. The van der Waals surface area contributed by atoms with Gasteiger partial charge in [-0.25, -0.2) is 17.9 Å². The Kier molecular flexibility index (Phi) is 8.44. The predicted octanol–water partition coefficient (Wildman–Crippen LogP) is 2.70. The van der Waals surface area contributed by atoms with Crippen molar-refractivity contribution in [2.24, 2.45) is 0 Å². The summed E-state index contributed by atoms with van der Waals surface area (Å²) < 4.78 is 27.5. The lowest BCUT2D eigenvalue weighted by Crippen LogP contribution is -2.52. The maximum atomic E-state index is 13.4. The highest BCUT2D eigenvalue weighted by molar-refractivity contribution is 7.90. The molecule has 0 bridgehead atoms. The van der Waals surface area contributed by atoms with E-state index in [2.05, 4.69) is 5.32 Å². The minimum Gasteiger partial charge on any atom is -0.508 e. The molecule has 0 radical (unpaired) electrons. The van der Waals surface area contributed by atoms with Crippen molar-refractivity contribution >= 4 is 33.9 Å². The van der Waals surface area contributed by atoms with Crippen molar-refractivity contribution in [1.82, 2.24) is 10.0 Å². The van der Waals surface area contributed by atoms with Crippen LogP contribution in [0.2, 0.25) is 0 Å². The number of aldehydes is 1. The Hall–Kier alpha value is -4.18. The Morgan fingerprint density at radius 3 is 2.36 bits per heavy atom. The lowest BCUT2D eigenvalue weighted by Gasteiger charge is -2.25. The van der Waals surface area contributed by atoms with E-state index in [0.717, 1.165) is 5.56 Å². The Morgan fingerprint density at radius 1 is 1.03 bits per heavy atom. The van der Waals surface area contributed by atoms with Gasteiger partial charge in [-0.1, -0.05) is 48.5 Å². The van der Waals surface area contributed by atoms with Crippen LogP contribution in [0, 0.1) is 6.92 Å². The van der Waals surface area contributed by atoms with Crippen molar-refractivity contribution < 1.29 is 27.9 Å². The summed E-state index contributed by atoms with van der Waals surface area (Å²) in [5.41, 5.74) is 1.95. The van der Waals surface area contributed by atoms with E-state index < -0.39 is 28.0 Å². The number of anilines is 1. The van der Waals surface area contributed by atoms with Crippen molar-refractivity contribution in [3.8, 4) is 5.75 Å². The van der Waals surface area contributed by atoms with E-state index in [4.69, 9.17) is 0 Å². The number of urea groups is 1. The smallest absolute Gasteiger partial charge is 0.329 e. The largest absolute Gasteiger partial charge is 0.508 e. The highest BCUT2D eigenvalue weighted by atomic mass is 32.2. The highest BCUT2D eigenvalue weighted by Gasteiger charge is 2.28. The van der Waals surface area contributed by atoms with Crippen LogP contribution in [-0.4, -0.2) is 44.8 Å². The van der Waals surface area contributed by atoms with Crippen molar-refractivity contribution in [2.75, 3.05) is 11.9 Å². The monoisotopic (exact) mass is 509 g/mol. The summed E-state index contributed by atoms with van der Waals surface area (Å²) in [6, 6.07) is 17.4. The number of phenolic OH excluding ortho intramolecular Hbond substituents is 1. The first-order chi connectivity index (χ1) is 17.1. The minimum absolute atomic E-state index is 0.0352. The summed E-state index contributed by atoms with van der Waals surface area (Å²) in [5, 5.41) is 12.4. The van der Waals surface area contributed by atoms with Gasteiger partial charge in [-0.2, -0.15) is 0 Å². The second kappa shape index (κ2) is 11.5. The molecule has 0 spiro atoms. The second-order valence-electron chi connectivity index (χ2n) is 8.17. The predicted molar refractivity (Wildman–Crippen MR) is 135 cm³/mol. The van der Waals surface area contributed by atoms with Gasteiger partial charge in [-0.3, -0.25) is 4.79 Å². The molecule has 0 unspecified atom stereocenters. The van der Waals surface area contributed by atoms with Gasteiger partial charge in [0.1, 0.15) is 18.1 Å². The van der Waals surface area contributed by atoms with Gasteiger partial charge in [0.2, 0.25) is 5.91 Å². The van der Waals surface area contributed by atoms with Crippen molar-refractivity contribution in [1.29, 1.82) is 0 Å². The van der Waals surface area contributed by atoms with Gasteiger partial charge in [-0.15, -0.1) is 0 Å². The number of hydrogen-bond donors (Lipinski definition) is 3. The number of aromatic hydroxyl groups is 1. The van der Waals surface area contributed by atoms with Gasteiger partial charge in [0.05, 0.1) is 4.90 Å². The van der Waals surface area contributed by atoms with Crippen LogP contribution in [0.15, 0.2) is 77.7 Å². The van der Waals surface area contributed by atoms with Gasteiger partial charge < -0.3 is 20.1 Å². The van der Waals surface area contributed by atoms with Crippen LogP contribution < -0.4 is 14.9 Å². The third-order valence-corrected chi connectivity index (χ3v) is 7.07. The summed E-state index contributed by atoms with van der Waals surface area (Å²) in [7, 11) is -2.68. The summed E-state index contributed by atoms with van der Waals surface area (Å²) >= 11 is 0. The molecule has 0 saturated carbocycles. The SMILES string of the molecule is Cc1ccccc1S(=O)(=O)NC(=O)N[C@@H](Cc1ccccc1)C(=O)N(C)c1ccc(O)c(CC=O)c1. The lowest BCUT2D eigenvalue weighted by atomic mass is 10.0. The van der Waals surface area contributed by atoms with Gasteiger partial charge in [-0.05, 0) is 42.3 Å². The number of rotatable bonds is 9. The maximum absolute atomic E-state index is 13.4. The van der Waals surface area contributed by atoms with Gasteiger partial charge in [0.25, 0.3) is 10.0 Å². The summed E-state index contributed by atoms with van der Waals surface area (Å²) in [6.45, 7) is 1.61. The fourth-order valence-electron chi connectivity index (χ4n) is 3.67. The Labute approximate surface area is 209 Å². The van der Waals surface area contributed by atoms with Gasteiger partial charge in [0, 0.05) is 31.1 Å². The highest BCUT2D eigenvalue weighted by Crippen LogP contribution is 2.24. The number of nitrogens with one attached hydrogen (secondary N) is 2. The Morgan fingerprint density at radius 2 is 1.69 bits per heavy atom. The molecule has 1 atom stereocenters. The number of likely N-dealkylation sites (N-methyl/N-ethyl adjacent to an activating group) is 1. The molecular formula is C26H27N3O6S. The van der Waals surface area contributed by atoms with E-state index in [1.165, 1.54) is 36.2 Å². The van der Waals surface area contributed by atoms with Gasteiger partial charge >= 0.3 is 6.03 Å². The standard InChI is InChI=1S/C26H27N3O6S/c1-18-8-6-7-11-24(18)36(34,35)28-26(33)27-22(16-19-9-4-3-5-10-19)25(32)29(2)21-12-13-23(31)20(17-21)14-15-30/h3-13,15,17,22,31H,14,16H2,1-2H3,(H2,27,28,33)/t22-/m0/s1. The van der Waals surface area contributed by atoms with Crippen molar-refractivity contribution in [3.63, 3.8) is 0 Å². The van der Waals surface area contributed by atoms with Crippen molar-refractivity contribution in [2.45, 2.75) is 30.7 Å². The summed E-state index contributed by atoms with van der Waals surface area (Å²) in [6.07, 6.45) is 0.702. The molecule has 3 amide bonds. The van der Waals surface area contributed by atoms with Crippen LogP contribution in [-0.2, 0) is 32.5 Å². The Bertz CT molecular complexity index is 1360. The number of hydrogen-bond acceptors (Lipinski definition) is 6. The first-order valence-electron chi connectivity index (χ1n) is 11.1. The Balaban J connectivity index is 1.85. The molecule has 188 valence electrons. The van der Waals surface area contributed by atoms with Crippen LogP contribution in [0.3, 0.4) is 0 Å². The average Bonchev–Trinajstić information content (AvgIpc) is 2.84. The third kappa shape index (κ3) is 6.48. The molecule has 3 aromatic rings. The molecule has 0 aliphatic carbocycles. The topological polar surface area (TPSA) is 133 Å². The minimum atomic E-state index is -4.17. The summed E-state index contributed by atoms with van der Waals surface area (Å²) in [4.78, 5) is 38.3. The van der Waals surface area contributed by atoms with E-state index in [9.17, 15) is 27.9 Å². The lowest BCUT2D eigenvalue weighted by molar-refractivity contribution is -0.120. The fourth-order valence-corrected chi connectivity index (χ4v) is 4.83. The molecule has 0 saturated heterocycles. The fraction of sp³-hybridized carbons (Fsp3) is 0.192. The van der Waals surface area contributed by atoms with E-state index in [1.54, 1.807) is 49.4 Å². The summed E-state index contributed by atoms with van der Waals surface area (Å²) in [5.74, 6) is -0.600. The molecule has 0 aliphatic heterocycles. The quantitative estimate of drug-likeness (QED) is 0.380. The van der Waals surface area contributed by atoms with E-state index in [0.29, 0.717) is 23.1 Å². The molecule has 3 rings (SSSR count). The first kappa shape index (κ1) is 26.4. The molecule has 0 fully saturated rings. The van der Waals surface area contributed by atoms with Crippen molar-refractivity contribution in [3.05, 3.63) is 89.5 Å². The average molecular weight is 510 g/mol. The number of phenols is 1. The number of benzene rings is 3. The van der Waals surface area contributed by atoms with Crippen LogP contribution in [0.5, 0.6) is 5.75 Å². The second-order valence-corrected chi connectivity index (χ2v) is 9.82. The molecule has 10 heteroatoms. The molecule has 3 aromatic carbocycles. The number of carbonyl (C=O) groups is 3. The maximum Gasteiger partial charge on any atom is 0.329 e. The normalized spacial score (nSPS) is 11.8. The zero-order valence-electron chi connectivity index (χ0n) is 19.8. The number of aryl methyl sites for hydroxylation is 1. The van der Waals surface area contributed by atoms with Crippen LogP contribution in [0.4, 0.5) is 10.5 Å². The molecule has 0 heterocycles. The molecule has 9 nitrogen and oxygen atoms in total. The number of nitrogens with zero attached hydrogens (tertiary/aromatic N) is 1. The molecule has 0 aromatic heterocycles. The van der Waals surface area contributed by atoms with E-state index in [-0.39, 0.29) is 23.5 Å². The van der Waals surface area contributed by atoms with Crippen LogP contribution >= 0.6 is 0 Å². The van der Waals surface area contributed by atoms with E-state index >= 15 is 0 Å². The van der Waals surface area contributed by atoms with Crippen LogP contribution in [0.25, 0.3) is 0 Å². The molecule has 36 heavy (non-hydrogen) atoms. The zero-order chi connectivity index (χ0) is 26.3. The van der Waals surface area contributed by atoms with Crippen LogP contribution in [0.1, 0.15) is 16.7 Å². The molecule has 3 N–H and O–H groups in total. The number of amides is 3. The number of carbonyl (C=O) groups excluding carboxylic acids is 3. The van der Waals surface area contributed by atoms with Gasteiger partial charge in [0.15, 0.2) is 0 Å². The third-order valence-electron chi connectivity index (χ3n) is 5.58. The number of sulfonamides is 1. The van der Waals surface area contributed by atoms with E-state index in [1.807, 2.05) is 10.8 Å². The molecular weight excluding hydrogens is 482 g/mol.